The van der Waals surface area contributed by atoms with Crippen LogP contribution in [0.3, 0.4) is 0 Å². The van der Waals surface area contributed by atoms with E-state index in [1.165, 1.54) is 39.5 Å². The largest absolute Gasteiger partial charge is 0.461 e. The van der Waals surface area contributed by atoms with Crippen LogP contribution in [-0.4, -0.2) is 231 Å². The van der Waals surface area contributed by atoms with Crippen LogP contribution in [0.1, 0.15) is 130 Å². The van der Waals surface area contributed by atoms with Crippen molar-refractivity contribution < 1.29 is 106 Å². The molecule has 0 radical (unpaired) electrons. The van der Waals surface area contributed by atoms with E-state index in [9.17, 15) is 58.8 Å². The molecule has 15 atom stereocenters. The number of nitrogens with zero attached hydrogens (tertiary/aromatic N) is 3. The molecule has 2 fully saturated rings. The molecule has 0 bridgehead atoms. The zero-order chi connectivity index (χ0) is 70.5. The van der Waals surface area contributed by atoms with Crippen LogP contribution in [-0.2, 0) is 82.9 Å². The van der Waals surface area contributed by atoms with Crippen molar-refractivity contribution in [3.05, 3.63) is 59.7 Å². The molecule has 4 rings (SSSR count). The van der Waals surface area contributed by atoms with Crippen molar-refractivity contribution in [2.24, 2.45) is 35.5 Å². The average molecular weight is 1350 g/mol. The maximum atomic E-state index is 15.0. The van der Waals surface area contributed by atoms with Gasteiger partial charge in [-0.25, -0.2) is 10.7 Å². The number of rotatable bonds is 44. The lowest BCUT2D eigenvalue weighted by Gasteiger charge is -2.41. The molecule has 28 heteroatoms. The lowest BCUT2D eigenvalue weighted by Crippen LogP contribution is -2.59. The number of aliphatic hydroxyl groups is 4. The van der Waals surface area contributed by atoms with Crippen LogP contribution in [0.4, 0.5) is 10.5 Å². The van der Waals surface area contributed by atoms with E-state index in [1.807, 2.05) is 45.9 Å². The van der Waals surface area contributed by atoms with Crippen molar-refractivity contribution >= 4 is 53.4 Å². The van der Waals surface area contributed by atoms with E-state index in [4.69, 9.17) is 48.5 Å². The Kier molecular flexibility index (Phi) is 35.7. The van der Waals surface area contributed by atoms with Crippen LogP contribution in [0.25, 0.3) is 0 Å². The number of carbonyl (C=O) groups is 8. The highest BCUT2D eigenvalue weighted by atomic mass is 16.8. The Balaban J connectivity index is 1.46. The number of benzene rings is 2. The zero-order valence-corrected chi connectivity index (χ0v) is 57.3. The lowest BCUT2D eigenvalue weighted by molar-refractivity contribution is -0.321. The van der Waals surface area contributed by atoms with Crippen LogP contribution in [0.2, 0.25) is 0 Å². The monoisotopic (exact) mass is 1350 g/mol. The highest BCUT2D eigenvalue weighted by Crippen LogP contribution is 2.34. The minimum absolute atomic E-state index is 0.0285. The van der Waals surface area contributed by atoms with Crippen LogP contribution in [0.5, 0.6) is 5.75 Å². The predicted molar refractivity (Wildman–Crippen MR) is 345 cm³/mol. The molecule has 5 unspecified atom stereocenters. The summed E-state index contributed by atoms with van der Waals surface area (Å²) in [7, 11) is 6.01. The highest BCUT2D eigenvalue weighted by molar-refractivity contribution is 5.94. The zero-order valence-electron chi connectivity index (χ0n) is 57.3. The van der Waals surface area contributed by atoms with Gasteiger partial charge in [0.25, 0.3) is 6.47 Å². The smallest absolute Gasteiger partial charge is 0.410 e. The summed E-state index contributed by atoms with van der Waals surface area (Å²) in [5, 5.41) is 48.5. The molecule has 5 amide bonds. The summed E-state index contributed by atoms with van der Waals surface area (Å²) in [6.45, 7) is 16.6. The third-order valence-corrected chi connectivity index (χ3v) is 17.6. The molecule has 0 aromatic heterocycles. The molecule has 0 saturated carbocycles. The summed E-state index contributed by atoms with van der Waals surface area (Å²) in [4.78, 5) is 118. The molecule has 28 nitrogen and oxygen atoms in total. The first-order chi connectivity index (χ1) is 45.3. The highest BCUT2D eigenvalue weighted by Gasteiger charge is 2.47. The molecule has 2 aromatic carbocycles. The van der Waals surface area contributed by atoms with Crippen molar-refractivity contribution in [1.82, 2.24) is 20.0 Å². The summed E-state index contributed by atoms with van der Waals surface area (Å²) in [6, 6.07) is 10.3. The number of likely N-dealkylation sites (N-methyl/N-ethyl adjacent to an activating group) is 2. The van der Waals surface area contributed by atoms with Gasteiger partial charge in [-0.15, -0.1) is 0 Å². The Bertz CT molecular complexity index is 2690. The van der Waals surface area contributed by atoms with Crippen LogP contribution in [0, 0.1) is 29.6 Å². The fourth-order valence-corrected chi connectivity index (χ4v) is 12.0. The van der Waals surface area contributed by atoms with E-state index in [2.05, 4.69) is 15.5 Å². The topological polar surface area (TPSA) is 370 Å². The number of hydrogen-bond donors (Lipinski definition) is 7. The number of Topliss-reactive ketones (excluding diaryl/α,β-unsaturated/α-hetero) is 2. The van der Waals surface area contributed by atoms with E-state index >= 15 is 0 Å². The van der Waals surface area contributed by atoms with Gasteiger partial charge >= 0.3 is 6.09 Å². The number of ketones is 2. The number of nitrogens with two attached hydrogens (primary N) is 1. The summed E-state index contributed by atoms with van der Waals surface area (Å²) in [5.74, 6) is 0.0541. The first-order valence-electron chi connectivity index (χ1n) is 32.8. The maximum Gasteiger partial charge on any atom is 0.410 e. The number of hydrogen-bond acceptors (Lipinski definition) is 23. The number of likely N-dealkylation sites (tertiary alicyclic amines) is 1. The van der Waals surface area contributed by atoms with Crippen molar-refractivity contribution in [1.29, 1.82) is 0 Å². The number of methoxy groups -OCH3 is 2. The van der Waals surface area contributed by atoms with Gasteiger partial charge in [-0.3, -0.25) is 38.3 Å². The third-order valence-electron chi connectivity index (χ3n) is 17.6. The van der Waals surface area contributed by atoms with Gasteiger partial charge in [0.2, 0.25) is 36.2 Å². The fraction of sp³-hybridized carbons (Fsp3) is 0.701. The van der Waals surface area contributed by atoms with Crippen LogP contribution < -0.4 is 21.3 Å². The summed E-state index contributed by atoms with van der Waals surface area (Å²) in [6.07, 6.45) is -10.8. The van der Waals surface area contributed by atoms with Crippen molar-refractivity contribution in [2.75, 3.05) is 86.4 Å². The molecule has 2 aromatic rings. The van der Waals surface area contributed by atoms with Gasteiger partial charge < -0.3 is 88.5 Å². The summed E-state index contributed by atoms with van der Waals surface area (Å²) < 4.78 is 50.3. The fourth-order valence-electron chi connectivity index (χ4n) is 12.0. The summed E-state index contributed by atoms with van der Waals surface area (Å²) >= 11 is 0. The second-order valence-corrected chi connectivity index (χ2v) is 25.0. The molecule has 2 aliphatic rings. The third kappa shape index (κ3) is 24.6. The number of amides is 5. The number of aliphatic hydroxyl groups excluding tert-OH is 4. The predicted octanol–water partition coefficient (Wildman–Crippen LogP) is 3.99. The van der Waals surface area contributed by atoms with Crippen molar-refractivity contribution in [2.45, 2.75) is 193 Å². The Morgan fingerprint density at radius 1 is 0.779 bits per heavy atom. The van der Waals surface area contributed by atoms with Crippen molar-refractivity contribution in [3.63, 3.8) is 0 Å². The molecule has 0 aliphatic carbocycles. The minimum Gasteiger partial charge on any atom is -0.461 e. The SMILES string of the molecule is CC[C@H](C)[C@@H]([C@@H](CC(=O)N1CCC[C@H]1[C@H](OC)[C@@H](C)C(=O)N[C@H](C)[C@@H](O)c1ccccc1)OC)N(C)C(=O)[C@@H](CC(=O)[C@H](C(C)C)N(C)C(=O)OCc1cc(NC(=O)CCC(=O)CCCOCCOCCOCCON)ccc1OC1OC(OC=O)C(O)C(O)C1O)C(C)C. The number of carbonyl (C=O) groups excluding carboxylic acids is 8. The molecule has 8 N–H and O–H groups in total. The Labute approximate surface area is 558 Å². The van der Waals surface area contributed by atoms with E-state index in [1.54, 1.807) is 56.7 Å². The van der Waals surface area contributed by atoms with Gasteiger partial charge in [0.1, 0.15) is 36.5 Å². The first kappa shape index (κ1) is 81.2. The molecule has 536 valence electrons. The average Bonchev–Trinajstić information content (AvgIpc) is 1.74. The van der Waals surface area contributed by atoms with E-state index < -0.39 is 116 Å². The van der Waals surface area contributed by atoms with Crippen LogP contribution >= 0.6 is 0 Å². The van der Waals surface area contributed by atoms with Gasteiger partial charge in [-0.05, 0) is 67.7 Å². The van der Waals surface area contributed by atoms with Crippen molar-refractivity contribution in [3.8, 4) is 5.75 Å². The molecular weight excluding hydrogens is 1240 g/mol. The number of nitrogens with one attached hydrogen (secondary N) is 2. The lowest BCUT2D eigenvalue weighted by atomic mass is 9.83. The van der Waals surface area contributed by atoms with Gasteiger partial charge in [0, 0.05) is 84.3 Å². The Morgan fingerprint density at radius 3 is 2.02 bits per heavy atom. The Morgan fingerprint density at radius 2 is 1.42 bits per heavy atom. The Hall–Kier alpha value is -6.28. The van der Waals surface area contributed by atoms with Gasteiger partial charge in [0.15, 0.2) is 5.78 Å². The number of ether oxygens (including phenoxy) is 9. The standard InChI is InChI=1S/C67H106N6O22/c1-13-42(6)57(53(86-11)37-55(78)73-27-17-22-50(73)62(87-12)43(7)63(83)69-44(8)58(79)45-19-15-14-16-20-45)71(9)64(84)49(40(2)3)36-51(76)56(41(4)5)72(10)67(85)91-38-46-35-47(23-25-52(46)94-66-61(82)59(80)60(81)65(95-66)92-39-74)70-54(77)26-24-48(75)21-18-28-88-29-30-89-31-32-90-33-34-93-68/h14-16,19-20,23,25,35,39-44,49-50,53,56-62,65-66,79-82H,13,17-18,21-22,24,26-34,36-38,68H2,1-12H3,(H,69,83)(H,70,77)/t42-,43+,44+,49-,50-,53+,56-,57-,58+,59?,60?,61?,62+,65?,66?/m0/s1. The maximum absolute atomic E-state index is 15.0. The second kappa shape index (κ2) is 41.7. The first-order valence-corrected chi connectivity index (χ1v) is 32.8. The molecule has 0 spiro atoms. The van der Waals surface area contributed by atoms with Crippen LogP contribution in [0.15, 0.2) is 48.5 Å². The van der Waals surface area contributed by atoms with Gasteiger partial charge in [0.05, 0.1) is 94.5 Å². The minimum atomic E-state index is -1.90. The molecule has 2 heterocycles. The second-order valence-electron chi connectivity index (χ2n) is 25.0. The van der Waals surface area contributed by atoms with E-state index in [0.717, 1.165) is 4.90 Å². The summed E-state index contributed by atoms with van der Waals surface area (Å²) in [5.41, 5.74) is 0.892. The molecule has 2 saturated heterocycles. The number of anilines is 1. The van der Waals surface area contributed by atoms with E-state index in [-0.39, 0.29) is 97.5 Å². The van der Waals surface area contributed by atoms with E-state index in [0.29, 0.717) is 77.4 Å². The molecular formula is C67H106N6O22. The van der Waals surface area contributed by atoms with Gasteiger partial charge in [-0.2, -0.15) is 0 Å². The molecule has 95 heavy (non-hydrogen) atoms. The molecule has 2 aliphatic heterocycles. The normalized spacial score (nSPS) is 20.9. The van der Waals surface area contributed by atoms with Gasteiger partial charge in [-0.1, -0.05) is 85.2 Å². The quantitative estimate of drug-likeness (QED) is 0.0280.